The first-order chi connectivity index (χ1) is 15.0. The molecule has 8 heteroatoms. The van der Waals surface area contributed by atoms with Crippen molar-refractivity contribution < 1.29 is 18.7 Å². The fourth-order valence-electron chi connectivity index (χ4n) is 3.85. The van der Waals surface area contributed by atoms with Crippen molar-refractivity contribution in [3.63, 3.8) is 0 Å². The van der Waals surface area contributed by atoms with Gasteiger partial charge in [0.2, 0.25) is 5.76 Å². The minimum absolute atomic E-state index is 0.0126. The Labute approximate surface area is 180 Å². The molecule has 0 aliphatic carbocycles. The number of hydrogen-bond donors (Lipinski definition) is 0. The normalized spacial score (nSPS) is 15.4. The summed E-state index contributed by atoms with van der Waals surface area (Å²) in [6, 6.07) is 11.2. The number of amides is 1. The van der Waals surface area contributed by atoms with E-state index >= 15 is 0 Å². The number of aromatic nitrogens is 1. The molecule has 1 atom stereocenters. The Morgan fingerprint density at radius 3 is 2.61 bits per heavy atom. The summed E-state index contributed by atoms with van der Waals surface area (Å²) in [7, 11) is 1.31. The molecule has 0 radical (unpaired) electrons. The monoisotopic (exact) mass is 432 g/mol. The minimum atomic E-state index is -0.721. The zero-order valence-electron chi connectivity index (χ0n) is 16.6. The van der Waals surface area contributed by atoms with Gasteiger partial charge in [-0.25, -0.2) is 9.78 Å². The largest absolute Gasteiger partial charge is 0.465 e. The maximum Gasteiger partial charge on any atom is 0.337 e. The molecule has 1 aliphatic rings. The number of thiazole rings is 1. The molecule has 0 spiro atoms. The first-order valence-corrected chi connectivity index (χ1v) is 10.4. The Balaban J connectivity index is 1.76. The third-order valence-corrected chi connectivity index (χ3v) is 6.07. The highest BCUT2D eigenvalue weighted by molar-refractivity contribution is 7.13. The molecular formula is C23H16N2O5S. The van der Waals surface area contributed by atoms with E-state index in [-0.39, 0.29) is 16.8 Å². The van der Waals surface area contributed by atoms with Crippen LogP contribution in [-0.4, -0.2) is 24.0 Å². The fourth-order valence-corrected chi connectivity index (χ4v) is 4.52. The van der Waals surface area contributed by atoms with Gasteiger partial charge in [-0.3, -0.25) is 14.5 Å². The number of esters is 1. The molecule has 0 unspecified atom stereocenters. The fraction of sp³-hybridized carbons (Fsp3) is 0.130. The SMILES string of the molecule is COC(=O)c1ccc([C@@H]2c3c(oc4ccc(C)cc4c3=O)C(=O)N2c2nccs2)cc1. The molecule has 0 fully saturated rings. The molecule has 5 rings (SSSR count). The average Bonchev–Trinajstić information content (AvgIpc) is 3.40. The van der Waals surface area contributed by atoms with Crippen molar-refractivity contribution in [2.24, 2.45) is 0 Å². The van der Waals surface area contributed by atoms with E-state index in [1.165, 1.54) is 23.3 Å². The number of fused-ring (bicyclic) bond motifs is 2. The van der Waals surface area contributed by atoms with Crippen LogP contribution in [0.5, 0.6) is 0 Å². The van der Waals surface area contributed by atoms with E-state index in [1.807, 2.05) is 13.0 Å². The summed E-state index contributed by atoms with van der Waals surface area (Å²) in [6.07, 6.45) is 1.60. The van der Waals surface area contributed by atoms with Gasteiger partial charge < -0.3 is 9.15 Å². The van der Waals surface area contributed by atoms with Crippen LogP contribution in [0.4, 0.5) is 5.13 Å². The van der Waals surface area contributed by atoms with Gasteiger partial charge >= 0.3 is 5.97 Å². The molecule has 2 aromatic heterocycles. The molecule has 1 amide bonds. The van der Waals surface area contributed by atoms with Gasteiger partial charge in [0.05, 0.1) is 29.7 Å². The van der Waals surface area contributed by atoms with Crippen molar-refractivity contribution in [3.05, 3.63) is 92.3 Å². The first kappa shape index (κ1) is 19.2. The Kier molecular flexibility index (Phi) is 4.44. The van der Waals surface area contributed by atoms with Crippen molar-refractivity contribution in [3.8, 4) is 0 Å². The topological polar surface area (TPSA) is 89.7 Å². The van der Waals surface area contributed by atoms with E-state index in [2.05, 4.69) is 4.98 Å². The van der Waals surface area contributed by atoms with Crippen molar-refractivity contribution >= 4 is 39.3 Å². The van der Waals surface area contributed by atoms with Crippen LogP contribution < -0.4 is 10.3 Å². The zero-order chi connectivity index (χ0) is 21.7. The van der Waals surface area contributed by atoms with Crippen molar-refractivity contribution in [2.45, 2.75) is 13.0 Å². The lowest BCUT2D eigenvalue weighted by Crippen LogP contribution is -2.29. The maximum absolute atomic E-state index is 13.5. The van der Waals surface area contributed by atoms with Crippen LogP contribution in [0.25, 0.3) is 11.0 Å². The average molecular weight is 432 g/mol. The van der Waals surface area contributed by atoms with E-state index in [0.29, 0.717) is 27.2 Å². The second-order valence-corrected chi connectivity index (χ2v) is 8.05. The second-order valence-electron chi connectivity index (χ2n) is 7.18. The predicted octanol–water partition coefficient (Wildman–Crippen LogP) is 4.09. The predicted molar refractivity (Wildman–Crippen MR) is 116 cm³/mol. The molecule has 31 heavy (non-hydrogen) atoms. The van der Waals surface area contributed by atoms with E-state index in [1.54, 1.807) is 48.0 Å². The van der Waals surface area contributed by atoms with E-state index < -0.39 is 17.9 Å². The molecule has 154 valence electrons. The summed E-state index contributed by atoms with van der Waals surface area (Å²) in [6.45, 7) is 1.89. The van der Waals surface area contributed by atoms with E-state index in [4.69, 9.17) is 9.15 Å². The zero-order valence-corrected chi connectivity index (χ0v) is 17.4. The number of rotatable bonds is 3. The molecule has 0 bridgehead atoms. The third kappa shape index (κ3) is 2.95. The summed E-state index contributed by atoms with van der Waals surface area (Å²) in [5, 5.41) is 2.64. The molecule has 1 aliphatic heterocycles. The van der Waals surface area contributed by atoms with Gasteiger partial charge in [0.1, 0.15) is 5.58 Å². The van der Waals surface area contributed by atoms with Crippen LogP contribution in [-0.2, 0) is 4.74 Å². The molecule has 4 aromatic rings. The summed E-state index contributed by atoms with van der Waals surface area (Å²) >= 11 is 1.29. The first-order valence-electron chi connectivity index (χ1n) is 9.48. The number of anilines is 1. The highest BCUT2D eigenvalue weighted by Gasteiger charge is 2.44. The number of methoxy groups -OCH3 is 1. The number of aryl methyl sites for hydroxylation is 1. The van der Waals surface area contributed by atoms with Crippen LogP contribution >= 0.6 is 11.3 Å². The number of hydrogen-bond acceptors (Lipinski definition) is 7. The molecule has 0 N–H and O–H groups in total. The van der Waals surface area contributed by atoms with Gasteiger partial charge in [0.25, 0.3) is 5.91 Å². The Hall–Kier alpha value is -3.78. The summed E-state index contributed by atoms with van der Waals surface area (Å²) in [5.41, 5.74) is 2.33. The van der Waals surface area contributed by atoms with Crippen LogP contribution in [0, 0.1) is 6.92 Å². The summed E-state index contributed by atoms with van der Waals surface area (Å²) < 4.78 is 10.7. The third-order valence-electron chi connectivity index (χ3n) is 5.30. The van der Waals surface area contributed by atoms with Crippen molar-refractivity contribution in [2.75, 3.05) is 12.0 Å². The van der Waals surface area contributed by atoms with Gasteiger partial charge in [-0.2, -0.15) is 0 Å². The van der Waals surface area contributed by atoms with Crippen LogP contribution in [0.15, 0.2) is 63.3 Å². The van der Waals surface area contributed by atoms with Gasteiger partial charge in [-0.05, 0) is 36.8 Å². The number of ether oxygens (including phenoxy) is 1. The highest BCUT2D eigenvalue weighted by Crippen LogP contribution is 2.41. The van der Waals surface area contributed by atoms with Crippen LogP contribution in [0.1, 0.15) is 43.6 Å². The standard InChI is InChI=1S/C23H16N2O5S/c1-12-3-8-16-15(11-12)19(26)17-18(13-4-6-14(7-5-13)22(28)29-2)25(21(27)20(17)30-16)23-24-9-10-31-23/h3-11,18H,1-2H3/t18-/m1/s1. The minimum Gasteiger partial charge on any atom is -0.465 e. The summed E-state index contributed by atoms with van der Waals surface area (Å²) in [5.74, 6) is -0.877. The quantitative estimate of drug-likeness (QED) is 0.453. The lowest BCUT2D eigenvalue weighted by molar-refractivity contribution is 0.0600. The van der Waals surface area contributed by atoms with E-state index in [0.717, 1.165) is 5.56 Å². The molecule has 0 saturated carbocycles. The van der Waals surface area contributed by atoms with Crippen molar-refractivity contribution in [1.29, 1.82) is 0 Å². The van der Waals surface area contributed by atoms with E-state index in [9.17, 15) is 14.4 Å². The van der Waals surface area contributed by atoms with Gasteiger partial charge in [0.15, 0.2) is 10.6 Å². The Morgan fingerprint density at radius 2 is 1.94 bits per heavy atom. The molecular weight excluding hydrogens is 416 g/mol. The maximum atomic E-state index is 13.5. The number of carbonyl (C=O) groups is 2. The van der Waals surface area contributed by atoms with Crippen LogP contribution in [0.3, 0.4) is 0 Å². The lowest BCUT2D eigenvalue weighted by atomic mass is 9.97. The molecule has 7 nitrogen and oxygen atoms in total. The van der Waals surface area contributed by atoms with Gasteiger partial charge in [0, 0.05) is 11.6 Å². The summed E-state index contributed by atoms with van der Waals surface area (Å²) in [4.78, 5) is 44.4. The molecule has 3 heterocycles. The Morgan fingerprint density at radius 1 is 1.16 bits per heavy atom. The highest BCUT2D eigenvalue weighted by atomic mass is 32.1. The second kappa shape index (κ2) is 7.17. The molecule has 2 aromatic carbocycles. The van der Waals surface area contributed by atoms with Crippen LogP contribution in [0.2, 0.25) is 0 Å². The smallest absolute Gasteiger partial charge is 0.337 e. The van der Waals surface area contributed by atoms with Gasteiger partial charge in [-0.1, -0.05) is 23.8 Å². The number of carbonyl (C=O) groups excluding carboxylic acids is 2. The number of benzene rings is 2. The lowest BCUT2D eigenvalue weighted by Gasteiger charge is -2.22. The molecule has 0 saturated heterocycles. The van der Waals surface area contributed by atoms with Gasteiger partial charge in [-0.15, -0.1) is 11.3 Å². The Bertz CT molecular complexity index is 1390. The van der Waals surface area contributed by atoms with Crippen molar-refractivity contribution in [1.82, 2.24) is 4.98 Å². The number of nitrogens with zero attached hydrogens (tertiary/aromatic N) is 2.